The molecule has 0 amide bonds. The molecule has 0 radical (unpaired) electrons. The lowest BCUT2D eigenvalue weighted by atomic mass is 9.95. The van der Waals surface area contributed by atoms with Gasteiger partial charge >= 0.3 is 0 Å². The number of anilines is 2. The van der Waals surface area contributed by atoms with Crippen LogP contribution in [0.25, 0.3) is 0 Å². The first-order chi connectivity index (χ1) is 14.2. The van der Waals surface area contributed by atoms with E-state index in [2.05, 4.69) is 28.9 Å². The highest BCUT2D eigenvalue weighted by molar-refractivity contribution is 6.30. The molecule has 0 spiro atoms. The summed E-state index contributed by atoms with van der Waals surface area (Å²) in [5, 5.41) is 0.695. The highest BCUT2D eigenvalue weighted by atomic mass is 35.5. The van der Waals surface area contributed by atoms with Gasteiger partial charge in [0.25, 0.3) is 0 Å². The first-order valence-electron chi connectivity index (χ1n) is 10.7. The van der Waals surface area contributed by atoms with Gasteiger partial charge in [0.05, 0.1) is 12.6 Å². The van der Waals surface area contributed by atoms with E-state index < -0.39 is 0 Å². The molecule has 2 heterocycles. The second kappa shape index (κ2) is 9.19. The van der Waals surface area contributed by atoms with Crippen molar-refractivity contribution < 1.29 is 9.53 Å². The maximum Gasteiger partial charge on any atom is 0.142 e. The third-order valence-electron chi connectivity index (χ3n) is 6.16. The first-order valence-corrected chi connectivity index (χ1v) is 11.0. The van der Waals surface area contributed by atoms with Crippen molar-refractivity contribution in [2.75, 3.05) is 24.6 Å². The molecule has 0 aliphatic carbocycles. The molecule has 29 heavy (non-hydrogen) atoms. The van der Waals surface area contributed by atoms with Crippen LogP contribution in [-0.2, 0) is 11.2 Å². The Kier molecular flexibility index (Phi) is 6.41. The number of rotatable bonds is 7. The smallest absolute Gasteiger partial charge is 0.142 e. The molecule has 5 heteroatoms. The van der Waals surface area contributed by atoms with Crippen LogP contribution in [0.5, 0.6) is 5.75 Å². The second-order valence-corrected chi connectivity index (χ2v) is 8.54. The predicted octanol–water partition coefficient (Wildman–Crippen LogP) is 5.25. The molecule has 2 atom stereocenters. The van der Waals surface area contributed by atoms with Crippen LogP contribution >= 0.6 is 11.6 Å². The standard InChI is InChI=1S/C24H29ClN2O2/c1-18-4-2-13-26(18)14-3-15-29-23-11-12-24-19(16-23)5-8-22(17-28)27(24)21-9-6-20(25)7-10-21/h6-7,9-12,16-18,22H,2-5,8,13-15H2,1H3/t18-,22?/m1/s1. The number of carbonyl (C=O) groups excluding carboxylic acids is 1. The maximum atomic E-state index is 11.7. The maximum absolute atomic E-state index is 11.7. The number of benzene rings is 2. The summed E-state index contributed by atoms with van der Waals surface area (Å²) in [7, 11) is 0. The summed E-state index contributed by atoms with van der Waals surface area (Å²) in [6.07, 6.45) is 6.41. The van der Waals surface area contributed by atoms with E-state index in [-0.39, 0.29) is 6.04 Å². The Morgan fingerprint density at radius 3 is 2.72 bits per heavy atom. The predicted molar refractivity (Wildman–Crippen MR) is 119 cm³/mol. The summed E-state index contributed by atoms with van der Waals surface area (Å²) in [4.78, 5) is 16.4. The number of carbonyl (C=O) groups is 1. The molecule has 4 rings (SSSR count). The normalized spacial score (nSPS) is 21.8. The van der Waals surface area contributed by atoms with E-state index in [9.17, 15) is 4.79 Å². The summed E-state index contributed by atoms with van der Waals surface area (Å²) in [5.41, 5.74) is 3.29. The number of fused-ring (bicyclic) bond motifs is 1. The number of aryl methyl sites for hydroxylation is 1. The average Bonchev–Trinajstić information content (AvgIpc) is 3.15. The monoisotopic (exact) mass is 412 g/mol. The van der Waals surface area contributed by atoms with E-state index in [0.29, 0.717) is 11.1 Å². The van der Waals surface area contributed by atoms with Gasteiger partial charge in [-0.3, -0.25) is 0 Å². The van der Waals surface area contributed by atoms with E-state index >= 15 is 0 Å². The Bertz CT molecular complexity index is 839. The molecule has 2 aromatic rings. The number of ether oxygens (including phenoxy) is 1. The molecule has 1 unspecified atom stereocenters. The van der Waals surface area contributed by atoms with Crippen LogP contribution in [0.3, 0.4) is 0 Å². The van der Waals surface area contributed by atoms with Crippen molar-refractivity contribution in [2.45, 2.75) is 51.1 Å². The lowest BCUT2D eigenvalue weighted by Gasteiger charge is -2.36. The Balaban J connectivity index is 1.43. The fraction of sp³-hybridized carbons (Fsp3) is 0.458. The summed E-state index contributed by atoms with van der Waals surface area (Å²) in [6.45, 7) is 5.38. The molecule has 2 aliphatic heterocycles. The van der Waals surface area contributed by atoms with Crippen LogP contribution in [0.15, 0.2) is 42.5 Å². The van der Waals surface area contributed by atoms with Gasteiger partial charge in [-0.1, -0.05) is 11.6 Å². The zero-order valence-corrected chi connectivity index (χ0v) is 17.8. The largest absolute Gasteiger partial charge is 0.494 e. The van der Waals surface area contributed by atoms with Crippen molar-refractivity contribution >= 4 is 29.3 Å². The molecule has 0 saturated carbocycles. The number of likely N-dealkylation sites (tertiary alicyclic amines) is 1. The number of nitrogens with zero attached hydrogens (tertiary/aromatic N) is 2. The summed E-state index contributed by atoms with van der Waals surface area (Å²) in [5.74, 6) is 0.916. The minimum Gasteiger partial charge on any atom is -0.494 e. The Morgan fingerprint density at radius 1 is 1.17 bits per heavy atom. The molecular weight excluding hydrogens is 384 g/mol. The van der Waals surface area contributed by atoms with Gasteiger partial charge in [-0.25, -0.2) is 0 Å². The van der Waals surface area contributed by atoms with Gasteiger partial charge < -0.3 is 19.3 Å². The summed E-state index contributed by atoms with van der Waals surface area (Å²) >= 11 is 6.04. The Morgan fingerprint density at radius 2 is 2.00 bits per heavy atom. The van der Waals surface area contributed by atoms with E-state index in [0.717, 1.165) is 55.8 Å². The molecule has 0 bridgehead atoms. The van der Waals surface area contributed by atoms with Gasteiger partial charge in [-0.2, -0.15) is 0 Å². The second-order valence-electron chi connectivity index (χ2n) is 8.11. The average molecular weight is 413 g/mol. The summed E-state index contributed by atoms with van der Waals surface area (Å²) in [6, 6.07) is 14.5. The zero-order chi connectivity index (χ0) is 20.2. The molecule has 154 valence electrons. The van der Waals surface area contributed by atoms with Gasteiger partial charge in [0.1, 0.15) is 12.0 Å². The number of aldehydes is 1. The minimum atomic E-state index is -0.155. The molecule has 4 nitrogen and oxygen atoms in total. The molecular formula is C24H29ClN2O2. The third-order valence-corrected chi connectivity index (χ3v) is 6.41. The summed E-state index contributed by atoms with van der Waals surface area (Å²) < 4.78 is 6.04. The van der Waals surface area contributed by atoms with Crippen molar-refractivity contribution in [2.24, 2.45) is 0 Å². The SMILES string of the molecule is C[C@@H]1CCCN1CCCOc1ccc2c(c1)CCC(C=O)N2c1ccc(Cl)cc1. The van der Waals surface area contributed by atoms with Crippen LogP contribution in [0.1, 0.15) is 38.2 Å². The fourth-order valence-corrected chi connectivity index (χ4v) is 4.67. The van der Waals surface area contributed by atoms with Gasteiger partial charge in [-0.05, 0) is 93.6 Å². The van der Waals surface area contributed by atoms with Gasteiger partial charge in [-0.15, -0.1) is 0 Å². The van der Waals surface area contributed by atoms with E-state index in [4.69, 9.17) is 16.3 Å². The van der Waals surface area contributed by atoms with Crippen molar-refractivity contribution in [3.05, 3.63) is 53.1 Å². The first kappa shape index (κ1) is 20.2. The van der Waals surface area contributed by atoms with Crippen molar-refractivity contribution in [1.82, 2.24) is 4.90 Å². The van der Waals surface area contributed by atoms with Crippen molar-refractivity contribution in [1.29, 1.82) is 0 Å². The topological polar surface area (TPSA) is 32.8 Å². The number of hydrogen-bond donors (Lipinski definition) is 0. The third kappa shape index (κ3) is 4.59. The molecule has 1 saturated heterocycles. The molecule has 0 aromatic heterocycles. The van der Waals surface area contributed by atoms with E-state index in [1.165, 1.54) is 24.9 Å². The van der Waals surface area contributed by atoms with Crippen molar-refractivity contribution in [3.63, 3.8) is 0 Å². The highest BCUT2D eigenvalue weighted by Gasteiger charge is 2.27. The van der Waals surface area contributed by atoms with Crippen molar-refractivity contribution in [3.8, 4) is 5.75 Å². The van der Waals surface area contributed by atoms with Gasteiger partial charge in [0, 0.05) is 29.0 Å². The quantitative estimate of drug-likeness (QED) is 0.459. The molecule has 1 fully saturated rings. The molecule has 2 aliphatic rings. The fourth-order valence-electron chi connectivity index (χ4n) is 4.54. The van der Waals surface area contributed by atoms with Gasteiger partial charge in [0.2, 0.25) is 0 Å². The minimum absolute atomic E-state index is 0.155. The molecule has 0 N–H and O–H groups in total. The van der Waals surface area contributed by atoms with E-state index in [1.54, 1.807) is 0 Å². The Hall–Kier alpha value is -2.04. The van der Waals surface area contributed by atoms with E-state index in [1.807, 2.05) is 30.3 Å². The number of halogens is 1. The van der Waals surface area contributed by atoms with Crippen LogP contribution in [0.4, 0.5) is 11.4 Å². The van der Waals surface area contributed by atoms with Crippen LogP contribution in [0, 0.1) is 0 Å². The lowest BCUT2D eigenvalue weighted by molar-refractivity contribution is -0.109. The van der Waals surface area contributed by atoms with Gasteiger partial charge in [0.15, 0.2) is 0 Å². The van der Waals surface area contributed by atoms with Crippen LogP contribution in [0.2, 0.25) is 5.02 Å². The highest BCUT2D eigenvalue weighted by Crippen LogP contribution is 2.38. The zero-order valence-electron chi connectivity index (χ0n) is 17.0. The van der Waals surface area contributed by atoms with Crippen LogP contribution < -0.4 is 9.64 Å². The Labute approximate surface area is 178 Å². The molecule has 2 aromatic carbocycles. The lowest BCUT2D eigenvalue weighted by Crippen LogP contribution is -2.36. The number of hydrogen-bond acceptors (Lipinski definition) is 4. The van der Waals surface area contributed by atoms with Crippen LogP contribution in [-0.4, -0.2) is 43.0 Å².